The summed E-state index contributed by atoms with van der Waals surface area (Å²) in [5, 5.41) is 1.20. The number of halogens is 2. The van der Waals surface area contributed by atoms with Crippen LogP contribution in [0.25, 0.3) is 11.4 Å². The first kappa shape index (κ1) is 24.3. The Labute approximate surface area is 228 Å². The van der Waals surface area contributed by atoms with E-state index in [4.69, 9.17) is 0 Å². The summed E-state index contributed by atoms with van der Waals surface area (Å²) >= 11 is 4.60. The Bertz CT molecular complexity index is 1400. The number of aromatic nitrogens is 2. The number of nitrogens with zero attached hydrogens (tertiary/aromatic N) is 2. The van der Waals surface area contributed by atoms with Crippen molar-refractivity contribution in [1.29, 1.82) is 0 Å². The molecule has 5 rings (SSSR count). The monoisotopic (exact) mass is 696 g/mol. The Morgan fingerprint density at radius 3 is 1.32 bits per heavy atom. The smallest absolute Gasteiger partial charge is 0.262 e. The molecular weight excluding hydrogens is 669 g/mol. The van der Waals surface area contributed by atoms with Crippen LogP contribution in [-0.2, 0) is 9.98 Å². The summed E-state index contributed by atoms with van der Waals surface area (Å²) in [5.41, 5.74) is 7.30. The number of hydrogen-bond acceptors (Lipinski definition) is 1. The van der Waals surface area contributed by atoms with Crippen molar-refractivity contribution in [2.75, 3.05) is 0 Å². The third kappa shape index (κ3) is 3.28. The average molecular weight is 696 g/mol. The summed E-state index contributed by atoms with van der Waals surface area (Å²) < 4.78 is 21.1. The lowest BCUT2D eigenvalue weighted by Crippen LogP contribution is -2.39. The molecule has 2 aromatic carbocycles. The van der Waals surface area contributed by atoms with Crippen LogP contribution in [0.15, 0.2) is 48.5 Å². The number of benzene rings is 2. The second kappa shape index (κ2) is 8.08. The molecule has 0 bridgehead atoms. The zero-order valence-electron chi connectivity index (χ0n) is 20.1. The van der Waals surface area contributed by atoms with Crippen molar-refractivity contribution < 1.29 is 9.46 Å². The summed E-state index contributed by atoms with van der Waals surface area (Å²) in [7, 11) is -3.84. The van der Waals surface area contributed by atoms with Gasteiger partial charge in [-0.1, -0.05) is 13.8 Å². The van der Waals surface area contributed by atoms with E-state index in [1.165, 1.54) is 0 Å². The molecule has 1 aliphatic heterocycles. The minimum Gasteiger partial charge on any atom is -0.338 e. The van der Waals surface area contributed by atoms with E-state index < -0.39 is 12.8 Å². The first-order valence-electron chi connectivity index (χ1n) is 11.2. The molecule has 1 aliphatic rings. The largest absolute Gasteiger partial charge is 0.338 e. The quantitative estimate of drug-likeness (QED) is 0.191. The molecule has 0 unspecified atom stereocenters. The highest BCUT2D eigenvalue weighted by Gasteiger charge is 2.50. The van der Waals surface area contributed by atoms with E-state index in [2.05, 4.69) is 131 Å². The predicted octanol–water partition coefficient (Wildman–Crippen LogP) is 6.57. The Hall–Kier alpha value is -1.35. The SMILES string of the molecule is Cc1c2c(c(C)n1-c1ccc(I)cc1)P(=O)(O)c1c(c(C)n(-c3ccc(I)cc3)c1C)C2(C)C. The molecule has 0 fully saturated rings. The molecule has 3 heterocycles. The standard InChI is InChI=1S/C27H27I2N2O2P/c1-15-23-25(17(3)30(15)21-11-7-19(28)8-12-21)34(32,33)26-18(4)31(16(2)24(26)27(23,5)6)22-13-9-20(29)10-14-22/h7-14H,1-6H3,(H,32,33). The Kier molecular flexibility index (Phi) is 5.79. The molecule has 1 N–H and O–H groups in total. The van der Waals surface area contributed by atoms with Gasteiger partial charge in [0.2, 0.25) is 0 Å². The topological polar surface area (TPSA) is 47.2 Å². The van der Waals surface area contributed by atoms with Crippen molar-refractivity contribution in [2.45, 2.75) is 47.0 Å². The number of hydrogen-bond donors (Lipinski definition) is 1. The first-order chi connectivity index (χ1) is 15.9. The molecule has 34 heavy (non-hydrogen) atoms. The van der Waals surface area contributed by atoms with E-state index >= 15 is 0 Å². The van der Waals surface area contributed by atoms with Crippen LogP contribution < -0.4 is 10.6 Å². The number of fused-ring (bicyclic) bond motifs is 2. The molecule has 7 heteroatoms. The van der Waals surface area contributed by atoms with E-state index in [0.29, 0.717) is 10.6 Å². The third-order valence-corrected chi connectivity index (χ3v) is 11.0. The minimum absolute atomic E-state index is 0.423. The molecule has 0 radical (unpaired) electrons. The van der Waals surface area contributed by atoms with Gasteiger partial charge in [0.1, 0.15) is 0 Å². The maximum Gasteiger partial charge on any atom is 0.262 e. The van der Waals surface area contributed by atoms with Crippen LogP contribution in [0.1, 0.15) is 47.8 Å². The van der Waals surface area contributed by atoms with E-state index in [1.54, 1.807) is 0 Å². The molecule has 4 nitrogen and oxygen atoms in total. The maximum absolute atomic E-state index is 14.4. The van der Waals surface area contributed by atoms with Crippen molar-refractivity contribution in [3.05, 3.63) is 89.6 Å². The highest BCUT2D eigenvalue weighted by Crippen LogP contribution is 2.55. The zero-order chi connectivity index (χ0) is 24.7. The van der Waals surface area contributed by atoms with E-state index in [0.717, 1.165) is 52.4 Å². The van der Waals surface area contributed by atoms with Gasteiger partial charge in [0.05, 0.1) is 10.6 Å². The lowest BCUT2D eigenvalue weighted by atomic mass is 9.77. The fraction of sp³-hybridized carbons (Fsp3) is 0.259. The molecule has 2 aromatic heterocycles. The predicted molar refractivity (Wildman–Crippen MR) is 157 cm³/mol. The molecule has 176 valence electrons. The van der Waals surface area contributed by atoms with Crippen LogP contribution in [0.5, 0.6) is 0 Å². The maximum atomic E-state index is 14.4. The first-order valence-corrected chi connectivity index (χ1v) is 15.0. The van der Waals surface area contributed by atoms with E-state index in [-0.39, 0.29) is 0 Å². The molecule has 0 amide bonds. The molecular formula is C27H27I2N2O2P. The third-order valence-electron chi connectivity index (χ3n) is 7.25. The molecule has 0 saturated carbocycles. The van der Waals surface area contributed by atoms with Crippen LogP contribution >= 0.6 is 52.6 Å². The van der Waals surface area contributed by atoms with Crippen molar-refractivity contribution in [1.82, 2.24) is 9.13 Å². The molecule has 0 atom stereocenters. The average Bonchev–Trinajstić information content (AvgIpc) is 3.20. The van der Waals surface area contributed by atoms with Crippen molar-refractivity contribution in [3.63, 3.8) is 0 Å². The van der Waals surface area contributed by atoms with Crippen molar-refractivity contribution in [3.8, 4) is 11.4 Å². The van der Waals surface area contributed by atoms with Crippen LogP contribution in [0.4, 0.5) is 0 Å². The Morgan fingerprint density at radius 2 is 1.00 bits per heavy atom. The van der Waals surface area contributed by atoms with Gasteiger partial charge in [-0.05, 0) is 133 Å². The zero-order valence-corrected chi connectivity index (χ0v) is 25.3. The Morgan fingerprint density at radius 1 is 0.676 bits per heavy atom. The molecule has 4 aromatic rings. The summed E-state index contributed by atoms with van der Waals surface area (Å²) in [6, 6.07) is 16.6. The van der Waals surface area contributed by atoms with Crippen LogP contribution in [0.3, 0.4) is 0 Å². The van der Waals surface area contributed by atoms with Gasteiger partial charge in [-0.2, -0.15) is 0 Å². The summed E-state index contributed by atoms with van der Waals surface area (Å²) in [5.74, 6) is 0. The number of rotatable bonds is 2. The van der Waals surface area contributed by atoms with E-state index in [1.807, 2.05) is 13.8 Å². The van der Waals surface area contributed by atoms with Crippen LogP contribution in [0, 0.1) is 34.8 Å². The van der Waals surface area contributed by atoms with Gasteiger partial charge in [-0.3, -0.25) is 4.57 Å². The van der Waals surface area contributed by atoms with Gasteiger partial charge in [0.15, 0.2) is 0 Å². The normalized spacial score (nSPS) is 15.8. The Balaban J connectivity index is 1.84. The van der Waals surface area contributed by atoms with Gasteiger partial charge < -0.3 is 14.0 Å². The van der Waals surface area contributed by atoms with Gasteiger partial charge in [0, 0.05) is 46.7 Å². The second-order valence-electron chi connectivity index (χ2n) is 9.61. The van der Waals surface area contributed by atoms with E-state index in [9.17, 15) is 9.46 Å². The van der Waals surface area contributed by atoms with Crippen molar-refractivity contribution >= 4 is 63.2 Å². The lowest BCUT2D eigenvalue weighted by Gasteiger charge is -2.35. The summed E-state index contributed by atoms with van der Waals surface area (Å²) in [6.07, 6.45) is 0. The van der Waals surface area contributed by atoms with Gasteiger partial charge in [0.25, 0.3) is 7.37 Å². The fourth-order valence-corrected chi connectivity index (χ4v) is 9.58. The minimum atomic E-state index is -3.84. The summed E-state index contributed by atoms with van der Waals surface area (Å²) in [4.78, 5) is 11.9. The van der Waals surface area contributed by atoms with Gasteiger partial charge in [-0.15, -0.1) is 0 Å². The highest BCUT2D eigenvalue weighted by molar-refractivity contribution is 14.1. The molecule has 0 saturated heterocycles. The molecule has 0 spiro atoms. The summed E-state index contributed by atoms with van der Waals surface area (Å²) in [6.45, 7) is 12.5. The van der Waals surface area contributed by atoms with Gasteiger partial charge in [-0.25, -0.2) is 0 Å². The second-order valence-corrected chi connectivity index (χ2v) is 14.2. The highest BCUT2D eigenvalue weighted by atomic mass is 127. The fourth-order valence-electron chi connectivity index (χ4n) is 6.07. The van der Waals surface area contributed by atoms with Crippen LogP contribution in [0.2, 0.25) is 0 Å². The van der Waals surface area contributed by atoms with Crippen molar-refractivity contribution in [2.24, 2.45) is 0 Å². The lowest BCUT2D eigenvalue weighted by molar-refractivity contribution is 0.495. The van der Waals surface area contributed by atoms with Crippen LogP contribution in [-0.4, -0.2) is 14.0 Å². The molecule has 0 aliphatic carbocycles. The van der Waals surface area contributed by atoms with Gasteiger partial charge >= 0.3 is 0 Å².